The number of rotatable bonds is 81. The van der Waals surface area contributed by atoms with Crippen molar-refractivity contribution in [3.05, 3.63) is 72.9 Å². The molecule has 0 heterocycles. The van der Waals surface area contributed by atoms with Gasteiger partial charge in [0, 0.05) is 19.4 Å². The van der Waals surface area contributed by atoms with Crippen LogP contribution in [0.25, 0.3) is 0 Å². The number of allylic oxidation sites excluding steroid dienone is 12. The summed E-state index contributed by atoms with van der Waals surface area (Å²) in [6.07, 6.45) is 111. The van der Waals surface area contributed by atoms with Gasteiger partial charge in [-0.15, -0.1) is 0 Å². The predicted molar refractivity (Wildman–Crippen MR) is 423 cm³/mol. The number of phosphoric acid groups is 1. The fourth-order valence-electron chi connectivity index (χ4n) is 12.8. The Hall–Kier alpha value is -2.55. The van der Waals surface area contributed by atoms with Crippen molar-refractivity contribution in [1.82, 2.24) is 0 Å². The number of phosphoric ester groups is 1. The first-order valence-corrected chi connectivity index (χ1v) is 43.9. The third-order valence-electron chi connectivity index (χ3n) is 19.1. The Morgan fingerprint density at radius 2 is 0.567 bits per heavy atom. The Morgan fingerprint density at radius 1 is 0.320 bits per heavy atom. The minimum absolute atomic E-state index is 0.0548. The topological polar surface area (TPSA) is 134 Å². The second-order valence-electron chi connectivity index (χ2n) is 28.7. The molecule has 0 fully saturated rings. The van der Waals surface area contributed by atoms with Crippen LogP contribution in [-0.2, 0) is 32.7 Å². The highest BCUT2D eigenvalue weighted by atomic mass is 31.2. The van der Waals surface area contributed by atoms with E-state index in [1.807, 2.05) is 0 Å². The van der Waals surface area contributed by atoms with Crippen molar-refractivity contribution < 1.29 is 37.6 Å². The Labute approximate surface area is 602 Å². The average Bonchev–Trinajstić information content (AvgIpc) is 2.69. The Kier molecular flexibility index (Phi) is 80.2. The Balaban J connectivity index is 3.73. The Bertz CT molecular complexity index is 1830. The van der Waals surface area contributed by atoms with Crippen LogP contribution in [0.4, 0.5) is 0 Å². The summed E-state index contributed by atoms with van der Waals surface area (Å²) in [4.78, 5) is 35.5. The molecule has 2 unspecified atom stereocenters. The molecule has 3 N–H and O–H groups in total. The lowest BCUT2D eigenvalue weighted by atomic mass is 10.0. The van der Waals surface area contributed by atoms with Gasteiger partial charge >= 0.3 is 19.8 Å². The molecule has 10 heteroatoms. The number of esters is 2. The van der Waals surface area contributed by atoms with E-state index in [2.05, 4.69) is 86.8 Å². The highest BCUT2D eigenvalue weighted by Crippen LogP contribution is 2.43. The maximum Gasteiger partial charge on any atom is 0.472 e. The van der Waals surface area contributed by atoms with E-state index >= 15 is 0 Å². The molecule has 0 saturated carbocycles. The lowest BCUT2D eigenvalue weighted by molar-refractivity contribution is -0.161. The molecular formula is C87H162NO8P. The summed E-state index contributed by atoms with van der Waals surface area (Å²) in [6, 6.07) is 0. The van der Waals surface area contributed by atoms with Gasteiger partial charge in [0.25, 0.3) is 0 Å². The zero-order valence-electron chi connectivity index (χ0n) is 64.3. The molecule has 0 aromatic rings. The summed E-state index contributed by atoms with van der Waals surface area (Å²) in [7, 11) is -4.40. The molecule has 0 bridgehead atoms. The molecule has 0 aliphatic rings. The van der Waals surface area contributed by atoms with Crippen LogP contribution in [0.15, 0.2) is 72.9 Å². The van der Waals surface area contributed by atoms with Crippen molar-refractivity contribution in [1.29, 1.82) is 0 Å². The van der Waals surface area contributed by atoms with E-state index in [4.69, 9.17) is 24.3 Å². The number of unbranched alkanes of at least 4 members (excludes halogenated alkanes) is 56. The van der Waals surface area contributed by atoms with Gasteiger partial charge in [-0.1, -0.05) is 414 Å². The monoisotopic (exact) mass is 1380 g/mol. The van der Waals surface area contributed by atoms with Gasteiger partial charge in [-0.05, 0) is 83.5 Å². The summed E-state index contributed by atoms with van der Waals surface area (Å²) in [6.45, 7) is 3.70. The summed E-state index contributed by atoms with van der Waals surface area (Å²) in [5.74, 6) is -0.804. The summed E-state index contributed by atoms with van der Waals surface area (Å²) in [5.41, 5.74) is 5.42. The first-order chi connectivity index (χ1) is 47.8. The second kappa shape index (κ2) is 82.4. The van der Waals surface area contributed by atoms with Crippen LogP contribution in [-0.4, -0.2) is 49.3 Å². The molecule has 0 aromatic heterocycles. The van der Waals surface area contributed by atoms with Gasteiger partial charge in [0.1, 0.15) is 6.61 Å². The molecule has 97 heavy (non-hydrogen) atoms. The number of carbonyl (C=O) groups excluding carboxylic acids is 2. The lowest BCUT2D eigenvalue weighted by Crippen LogP contribution is -2.29. The number of ether oxygens (including phenoxy) is 2. The van der Waals surface area contributed by atoms with Crippen LogP contribution in [0.2, 0.25) is 0 Å². The van der Waals surface area contributed by atoms with Gasteiger partial charge in [-0.2, -0.15) is 0 Å². The molecule has 0 spiro atoms. The van der Waals surface area contributed by atoms with E-state index in [1.165, 1.54) is 340 Å². The van der Waals surface area contributed by atoms with Crippen LogP contribution >= 0.6 is 7.82 Å². The van der Waals surface area contributed by atoms with Gasteiger partial charge in [0.2, 0.25) is 0 Å². The molecular weight excluding hydrogens is 1220 g/mol. The fourth-order valence-corrected chi connectivity index (χ4v) is 13.6. The van der Waals surface area contributed by atoms with Crippen molar-refractivity contribution in [2.75, 3.05) is 26.4 Å². The highest BCUT2D eigenvalue weighted by Gasteiger charge is 2.26. The summed E-state index contributed by atoms with van der Waals surface area (Å²) in [5, 5.41) is 0. The number of carbonyl (C=O) groups is 2. The second-order valence-corrected chi connectivity index (χ2v) is 30.1. The van der Waals surface area contributed by atoms with E-state index in [-0.39, 0.29) is 38.6 Å². The summed E-state index contributed by atoms with van der Waals surface area (Å²) < 4.78 is 33.3. The normalized spacial score (nSPS) is 13.2. The molecule has 0 aliphatic heterocycles. The third-order valence-corrected chi connectivity index (χ3v) is 20.1. The van der Waals surface area contributed by atoms with Crippen molar-refractivity contribution >= 4 is 19.8 Å². The number of nitrogens with two attached hydrogens (primary N) is 1. The molecule has 0 radical (unpaired) electrons. The van der Waals surface area contributed by atoms with E-state index in [0.717, 1.165) is 64.2 Å². The van der Waals surface area contributed by atoms with Gasteiger partial charge in [0.15, 0.2) is 6.10 Å². The molecule has 568 valence electrons. The SMILES string of the molecule is CC/C=C\C/C=C\C/C=C\C/C=C\C/C=C\CCCCCCCCCCCCCCCCCCCCCC(=O)OC(COC(=O)CCCCCCCCCCCCCCCCCCCCCCCCCCCCCCC/C=C\CCCCCCCCCC)COP(=O)(O)OCCN. The van der Waals surface area contributed by atoms with Crippen molar-refractivity contribution in [3.8, 4) is 0 Å². The standard InChI is InChI=1S/C87H162NO8P/c1-3-5-7-9-11-13-15-17-19-21-23-25-27-29-31-33-35-37-39-40-41-42-43-44-46-47-49-51-53-55-57-59-61-63-65-67-69-71-73-75-77-79-86(89)93-83-85(84-95-97(91,92)94-82-81-88)96-87(90)80-78-76-74-72-70-68-66-64-62-60-58-56-54-52-50-48-45-38-36-34-32-30-28-26-24-22-20-18-16-14-12-10-8-6-4-2/h6,8,12,14,18,20-21,23-24,26,30,32,85H,3-5,7,9-11,13,15-17,19,22,25,27-29,31,33-84,88H2,1-2H3,(H,91,92)/b8-6-,14-12-,20-18-,23-21-,26-24-,32-30-. The van der Waals surface area contributed by atoms with Gasteiger partial charge in [-0.25, -0.2) is 4.57 Å². The molecule has 9 nitrogen and oxygen atoms in total. The highest BCUT2D eigenvalue weighted by molar-refractivity contribution is 7.47. The molecule has 2 atom stereocenters. The van der Waals surface area contributed by atoms with E-state index in [0.29, 0.717) is 6.42 Å². The fraction of sp³-hybridized carbons (Fsp3) is 0.839. The molecule has 0 saturated heterocycles. The van der Waals surface area contributed by atoms with E-state index < -0.39 is 26.5 Å². The minimum atomic E-state index is -4.40. The smallest absolute Gasteiger partial charge is 0.462 e. The van der Waals surface area contributed by atoms with Gasteiger partial charge in [-0.3, -0.25) is 18.6 Å². The van der Waals surface area contributed by atoms with Crippen LogP contribution < -0.4 is 5.73 Å². The number of hydrogen-bond donors (Lipinski definition) is 2. The predicted octanol–water partition coefficient (Wildman–Crippen LogP) is 28.7. The molecule has 0 aromatic carbocycles. The van der Waals surface area contributed by atoms with Crippen LogP contribution in [0.5, 0.6) is 0 Å². The van der Waals surface area contributed by atoms with Crippen LogP contribution in [0.3, 0.4) is 0 Å². The van der Waals surface area contributed by atoms with Gasteiger partial charge < -0.3 is 20.1 Å². The summed E-state index contributed by atoms with van der Waals surface area (Å²) >= 11 is 0. The lowest BCUT2D eigenvalue weighted by Gasteiger charge is -2.19. The zero-order chi connectivity index (χ0) is 70.0. The molecule has 0 rings (SSSR count). The van der Waals surface area contributed by atoms with Crippen LogP contribution in [0.1, 0.15) is 438 Å². The molecule has 0 amide bonds. The third kappa shape index (κ3) is 82.3. The maximum absolute atomic E-state index is 12.8. The van der Waals surface area contributed by atoms with Crippen molar-refractivity contribution in [2.45, 2.75) is 444 Å². The van der Waals surface area contributed by atoms with E-state index in [9.17, 15) is 19.0 Å². The minimum Gasteiger partial charge on any atom is -0.462 e. The van der Waals surface area contributed by atoms with Crippen molar-refractivity contribution in [3.63, 3.8) is 0 Å². The van der Waals surface area contributed by atoms with Crippen molar-refractivity contribution in [2.24, 2.45) is 5.73 Å². The maximum atomic E-state index is 12.8. The quantitative estimate of drug-likeness (QED) is 0.0264. The first kappa shape index (κ1) is 94.5. The largest absolute Gasteiger partial charge is 0.472 e. The van der Waals surface area contributed by atoms with Crippen LogP contribution in [0, 0.1) is 0 Å². The Morgan fingerprint density at radius 3 is 0.856 bits per heavy atom. The van der Waals surface area contributed by atoms with Gasteiger partial charge in [0.05, 0.1) is 13.2 Å². The molecule has 0 aliphatic carbocycles. The number of hydrogen-bond acceptors (Lipinski definition) is 8. The average molecular weight is 1380 g/mol. The van der Waals surface area contributed by atoms with E-state index in [1.54, 1.807) is 0 Å². The zero-order valence-corrected chi connectivity index (χ0v) is 65.2. The first-order valence-electron chi connectivity index (χ1n) is 42.4.